The first-order valence-corrected chi connectivity index (χ1v) is 5.51. The summed E-state index contributed by atoms with van der Waals surface area (Å²) >= 11 is 0. The minimum Gasteiger partial charge on any atom is -0.374 e. The molecule has 2 heterocycles. The molecule has 4 nitrogen and oxygen atoms in total. The van der Waals surface area contributed by atoms with E-state index in [-0.39, 0.29) is 11.9 Å². The molecule has 0 bridgehead atoms. The zero-order valence-electron chi connectivity index (χ0n) is 9.62. The van der Waals surface area contributed by atoms with Crippen LogP contribution in [-0.4, -0.2) is 44.4 Å². The van der Waals surface area contributed by atoms with Crippen molar-refractivity contribution < 1.29 is 13.5 Å². The first kappa shape index (κ1) is 12.2. The van der Waals surface area contributed by atoms with Crippen LogP contribution >= 0.6 is 0 Å². The van der Waals surface area contributed by atoms with Gasteiger partial charge in [0.1, 0.15) is 5.82 Å². The van der Waals surface area contributed by atoms with Gasteiger partial charge in [0.2, 0.25) is 0 Å². The Morgan fingerprint density at radius 2 is 2.41 bits per heavy atom. The number of ether oxygens (including phenoxy) is 1. The van der Waals surface area contributed by atoms with E-state index in [1.54, 1.807) is 11.9 Å². The molecule has 1 aromatic heterocycles. The summed E-state index contributed by atoms with van der Waals surface area (Å²) in [5.41, 5.74) is 0. The van der Waals surface area contributed by atoms with Crippen LogP contribution in [0.1, 0.15) is 0 Å². The van der Waals surface area contributed by atoms with Gasteiger partial charge in [0.15, 0.2) is 11.6 Å². The molecule has 17 heavy (non-hydrogen) atoms. The van der Waals surface area contributed by atoms with Gasteiger partial charge in [0.05, 0.1) is 18.9 Å². The SMILES string of the molecule is CN(CC1CNCCO1)c1ncc(F)cc1F. The molecule has 94 valence electrons. The fraction of sp³-hybridized carbons (Fsp3) is 0.545. The maximum absolute atomic E-state index is 13.5. The Balaban J connectivity index is 2.00. The number of morpholine rings is 1. The van der Waals surface area contributed by atoms with Crippen LogP contribution in [0.4, 0.5) is 14.6 Å². The molecule has 0 saturated carbocycles. The summed E-state index contributed by atoms with van der Waals surface area (Å²) in [5.74, 6) is -1.19. The van der Waals surface area contributed by atoms with Gasteiger partial charge in [-0.15, -0.1) is 0 Å². The van der Waals surface area contributed by atoms with Crippen LogP contribution in [0.3, 0.4) is 0 Å². The Labute approximate surface area is 98.6 Å². The number of anilines is 1. The third-order valence-corrected chi connectivity index (χ3v) is 2.63. The fourth-order valence-electron chi connectivity index (χ4n) is 1.82. The molecule has 6 heteroatoms. The Hall–Kier alpha value is -1.27. The summed E-state index contributed by atoms with van der Waals surface area (Å²) in [5, 5.41) is 3.19. The number of halogens is 2. The van der Waals surface area contributed by atoms with E-state index in [4.69, 9.17) is 4.74 Å². The minimum absolute atomic E-state index is 0.00000283. The van der Waals surface area contributed by atoms with Crippen molar-refractivity contribution in [2.24, 2.45) is 0 Å². The van der Waals surface area contributed by atoms with Crippen molar-refractivity contribution in [2.75, 3.05) is 38.2 Å². The molecule has 2 rings (SSSR count). The highest BCUT2D eigenvalue weighted by molar-refractivity contribution is 5.38. The molecule has 1 aliphatic rings. The number of pyridine rings is 1. The minimum atomic E-state index is -0.671. The highest BCUT2D eigenvalue weighted by atomic mass is 19.1. The second-order valence-electron chi connectivity index (χ2n) is 4.04. The molecule has 1 aliphatic heterocycles. The van der Waals surface area contributed by atoms with E-state index in [1.165, 1.54) is 0 Å². The van der Waals surface area contributed by atoms with E-state index in [1.807, 2.05) is 0 Å². The summed E-state index contributed by atoms with van der Waals surface area (Å²) in [6.07, 6.45) is 1.01. The molecule has 1 atom stereocenters. The molecular weight excluding hydrogens is 228 g/mol. The van der Waals surface area contributed by atoms with Crippen molar-refractivity contribution in [3.05, 3.63) is 23.9 Å². The quantitative estimate of drug-likeness (QED) is 0.851. The standard InChI is InChI=1S/C11H15F2N3O/c1-16(7-9-6-14-2-3-17-9)11-10(13)4-8(12)5-15-11/h4-5,9,14H,2-3,6-7H2,1H3. The lowest BCUT2D eigenvalue weighted by Gasteiger charge is -2.28. The fourth-order valence-corrected chi connectivity index (χ4v) is 1.82. The number of nitrogens with zero attached hydrogens (tertiary/aromatic N) is 2. The van der Waals surface area contributed by atoms with Crippen LogP contribution in [-0.2, 0) is 4.74 Å². The molecule has 0 radical (unpaired) electrons. The van der Waals surface area contributed by atoms with E-state index in [0.29, 0.717) is 13.2 Å². The van der Waals surface area contributed by atoms with Crippen LogP contribution in [0.15, 0.2) is 12.3 Å². The lowest BCUT2D eigenvalue weighted by molar-refractivity contribution is 0.0338. The summed E-state index contributed by atoms with van der Waals surface area (Å²) in [4.78, 5) is 5.37. The van der Waals surface area contributed by atoms with Gasteiger partial charge < -0.3 is 15.0 Å². The zero-order chi connectivity index (χ0) is 12.3. The van der Waals surface area contributed by atoms with Gasteiger partial charge in [-0.05, 0) is 0 Å². The first-order chi connectivity index (χ1) is 8.16. The van der Waals surface area contributed by atoms with E-state index in [0.717, 1.165) is 25.4 Å². The molecule has 1 aromatic rings. The third-order valence-electron chi connectivity index (χ3n) is 2.63. The Bertz CT molecular complexity index is 383. The normalized spacial score (nSPS) is 20.3. The third kappa shape index (κ3) is 3.10. The van der Waals surface area contributed by atoms with Gasteiger partial charge in [-0.25, -0.2) is 13.8 Å². The smallest absolute Gasteiger partial charge is 0.168 e. The van der Waals surface area contributed by atoms with Gasteiger partial charge >= 0.3 is 0 Å². The van der Waals surface area contributed by atoms with E-state index >= 15 is 0 Å². The van der Waals surface area contributed by atoms with Gasteiger partial charge in [-0.2, -0.15) is 0 Å². The van der Waals surface area contributed by atoms with Crippen molar-refractivity contribution in [3.8, 4) is 0 Å². The van der Waals surface area contributed by atoms with E-state index in [2.05, 4.69) is 10.3 Å². The molecule has 1 fully saturated rings. The Kier molecular flexibility index (Phi) is 3.86. The van der Waals surface area contributed by atoms with Crippen molar-refractivity contribution in [1.29, 1.82) is 0 Å². The number of hydrogen-bond acceptors (Lipinski definition) is 4. The first-order valence-electron chi connectivity index (χ1n) is 5.51. The summed E-state index contributed by atoms with van der Waals surface area (Å²) in [6.45, 7) is 2.73. The van der Waals surface area contributed by atoms with Crippen LogP contribution < -0.4 is 10.2 Å². The topological polar surface area (TPSA) is 37.4 Å². The largest absolute Gasteiger partial charge is 0.374 e. The second kappa shape index (κ2) is 5.37. The number of hydrogen-bond donors (Lipinski definition) is 1. The summed E-state index contributed by atoms with van der Waals surface area (Å²) in [7, 11) is 1.71. The molecule has 0 spiro atoms. The Morgan fingerprint density at radius 1 is 1.59 bits per heavy atom. The number of rotatable bonds is 3. The molecule has 0 aromatic carbocycles. The van der Waals surface area contributed by atoms with Crippen LogP contribution in [0.2, 0.25) is 0 Å². The lowest BCUT2D eigenvalue weighted by atomic mass is 10.3. The van der Waals surface area contributed by atoms with Gasteiger partial charge in [-0.3, -0.25) is 0 Å². The number of aromatic nitrogens is 1. The molecule has 0 aliphatic carbocycles. The molecule has 1 saturated heterocycles. The van der Waals surface area contributed by atoms with Crippen molar-refractivity contribution in [1.82, 2.24) is 10.3 Å². The molecule has 1 unspecified atom stereocenters. The lowest BCUT2D eigenvalue weighted by Crippen LogP contribution is -2.44. The number of likely N-dealkylation sites (N-methyl/N-ethyl adjacent to an activating group) is 1. The van der Waals surface area contributed by atoms with Gasteiger partial charge in [-0.1, -0.05) is 0 Å². The van der Waals surface area contributed by atoms with Gasteiger partial charge in [0.25, 0.3) is 0 Å². The summed E-state index contributed by atoms with van der Waals surface area (Å²) < 4.78 is 31.7. The monoisotopic (exact) mass is 243 g/mol. The summed E-state index contributed by atoms with van der Waals surface area (Å²) in [6, 6.07) is 0.832. The molecule has 1 N–H and O–H groups in total. The van der Waals surface area contributed by atoms with E-state index in [9.17, 15) is 8.78 Å². The van der Waals surface area contributed by atoms with Crippen molar-refractivity contribution >= 4 is 5.82 Å². The average Bonchev–Trinajstić information content (AvgIpc) is 2.30. The molecular formula is C11H15F2N3O. The Morgan fingerprint density at radius 3 is 3.06 bits per heavy atom. The van der Waals surface area contributed by atoms with Crippen LogP contribution in [0, 0.1) is 11.6 Å². The van der Waals surface area contributed by atoms with E-state index < -0.39 is 11.6 Å². The van der Waals surface area contributed by atoms with Crippen molar-refractivity contribution in [3.63, 3.8) is 0 Å². The predicted octanol–water partition coefficient (Wildman–Crippen LogP) is 0.784. The van der Waals surface area contributed by atoms with Crippen LogP contribution in [0.5, 0.6) is 0 Å². The van der Waals surface area contributed by atoms with Crippen LogP contribution in [0.25, 0.3) is 0 Å². The van der Waals surface area contributed by atoms with Gasteiger partial charge in [0, 0.05) is 32.7 Å². The number of nitrogens with one attached hydrogen (secondary N) is 1. The highest BCUT2D eigenvalue weighted by Crippen LogP contribution is 2.16. The maximum Gasteiger partial charge on any atom is 0.168 e. The average molecular weight is 243 g/mol. The predicted molar refractivity (Wildman–Crippen MR) is 60.0 cm³/mol. The second-order valence-corrected chi connectivity index (χ2v) is 4.04. The molecule has 0 amide bonds. The highest BCUT2D eigenvalue weighted by Gasteiger charge is 2.18. The zero-order valence-corrected chi connectivity index (χ0v) is 9.62. The maximum atomic E-state index is 13.5. The van der Waals surface area contributed by atoms with Crippen molar-refractivity contribution in [2.45, 2.75) is 6.10 Å².